The van der Waals surface area contributed by atoms with Gasteiger partial charge in [-0.3, -0.25) is 4.79 Å². The van der Waals surface area contributed by atoms with Crippen LogP contribution in [0.5, 0.6) is 0 Å². The van der Waals surface area contributed by atoms with Crippen molar-refractivity contribution in [1.29, 1.82) is 0 Å². The molecule has 0 unspecified atom stereocenters. The van der Waals surface area contributed by atoms with E-state index >= 15 is 0 Å². The zero-order valence-corrected chi connectivity index (χ0v) is 9.94. The Kier molecular flexibility index (Phi) is 3.76. The molecule has 0 radical (unpaired) electrons. The van der Waals surface area contributed by atoms with Crippen LogP contribution < -0.4 is 0 Å². The van der Waals surface area contributed by atoms with Gasteiger partial charge in [0.1, 0.15) is 6.54 Å². The molecule has 0 amide bonds. The number of tetrazole rings is 1. The number of carbonyl (C=O) groups is 1. The smallest absolute Gasteiger partial charge is 0.327 e. The number of hydrogen-bond acceptors (Lipinski definition) is 6. The van der Waals surface area contributed by atoms with Crippen LogP contribution in [0, 0.1) is 5.92 Å². The molecule has 6 nitrogen and oxygen atoms in total. The number of aromatic nitrogens is 4. The molecule has 1 aromatic heterocycles. The highest BCUT2D eigenvalue weighted by Crippen LogP contribution is 2.34. The minimum absolute atomic E-state index is 0.0786. The Morgan fingerprint density at radius 1 is 1.62 bits per heavy atom. The van der Waals surface area contributed by atoms with Gasteiger partial charge in [-0.1, -0.05) is 24.6 Å². The van der Waals surface area contributed by atoms with Crippen molar-refractivity contribution < 1.29 is 9.53 Å². The van der Waals surface area contributed by atoms with Crippen molar-refractivity contribution in [3.8, 4) is 0 Å². The van der Waals surface area contributed by atoms with E-state index in [9.17, 15) is 4.79 Å². The first-order valence-electron chi connectivity index (χ1n) is 5.25. The van der Waals surface area contributed by atoms with Gasteiger partial charge in [-0.2, -0.15) is 0 Å². The lowest BCUT2D eigenvalue weighted by atomic mass is 10.3. The number of carbonyl (C=O) groups excluding carboxylic acids is 1. The zero-order valence-electron chi connectivity index (χ0n) is 9.13. The molecule has 0 saturated heterocycles. The third kappa shape index (κ3) is 3.19. The van der Waals surface area contributed by atoms with E-state index in [1.165, 1.54) is 31.1 Å². The minimum Gasteiger partial charge on any atom is -0.468 e. The molecule has 1 fully saturated rings. The fraction of sp³-hybridized carbons (Fsp3) is 0.778. The van der Waals surface area contributed by atoms with E-state index in [0.717, 1.165) is 11.7 Å². The van der Waals surface area contributed by atoms with Crippen molar-refractivity contribution in [3.63, 3.8) is 0 Å². The molecule has 0 N–H and O–H groups in total. The summed E-state index contributed by atoms with van der Waals surface area (Å²) >= 11 is 1.59. The van der Waals surface area contributed by atoms with Gasteiger partial charge in [0.2, 0.25) is 5.16 Å². The van der Waals surface area contributed by atoms with Crippen LogP contribution in [0.2, 0.25) is 0 Å². The normalized spacial score (nSPS) is 15.1. The Balaban J connectivity index is 1.82. The van der Waals surface area contributed by atoms with Crippen LogP contribution in [0.3, 0.4) is 0 Å². The lowest BCUT2D eigenvalue weighted by Gasteiger charge is -2.02. The molecule has 0 aromatic carbocycles. The van der Waals surface area contributed by atoms with Crippen LogP contribution in [-0.4, -0.2) is 39.0 Å². The van der Waals surface area contributed by atoms with E-state index in [2.05, 4.69) is 20.3 Å². The van der Waals surface area contributed by atoms with Crippen LogP contribution in [-0.2, 0) is 16.1 Å². The Bertz CT molecular complexity index is 364. The van der Waals surface area contributed by atoms with Crippen LogP contribution in [0.4, 0.5) is 0 Å². The number of hydrogen-bond donors (Lipinski definition) is 0. The summed E-state index contributed by atoms with van der Waals surface area (Å²) in [6.45, 7) is 0.0786. The second kappa shape index (κ2) is 5.29. The molecule has 1 aliphatic rings. The summed E-state index contributed by atoms with van der Waals surface area (Å²) < 4.78 is 6.04. The average molecular weight is 242 g/mol. The maximum absolute atomic E-state index is 11.1. The molecule has 7 heteroatoms. The molecule has 16 heavy (non-hydrogen) atoms. The highest BCUT2D eigenvalue weighted by atomic mass is 32.2. The van der Waals surface area contributed by atoms with Crippen molar-refractivity contribution >= 4 is 17.7 Å². The van der Waals surface area contributed by atoms with Gasteiger partial charge in [0.15, 0.2) is 0 Å². The summed E-state index contributed by atoms with van der Waals surface area (Å²) in [6, 6.07) is 0. The van der Waals surface area contributed by atoms with Gasteiger partial charge >= 0.3 is 5.97 Å². The number of rotatable bonds is 6. The third-order valence-electron chi connectivity index (χ3n) is 2.46. The van der Waals surface area contributed by atoms with E-state index in [1.54, 1.807) is 11.8 Å². The van der Waals surface area contributed by atoms with Crippen LogP contribution in [0.15, 0.2) is 5.16 Å². The quantitative estimate of drug-likeness (QED) is 0.541. The Morgan fingerprint density at radius 2 is 2.44 bits per heavy atom. The zero-order chi connectivity index (χ0) is 11.4. The highest BCUT2D eigenvalue weighted by Gasteiger charge is 2.21. The molecule has 0 atom stereocenters. The fourth-order valence-electron chi connectivity index (χ4n) is 1.31. The molecule has 0 bridgehead atoms. The third-order valence-corrected chi connectivity index (χ3v) is 3.45. The average Bonchev–Trinajstić information content (AvgIpc) is 3.00. The Morgan fingerprint density at radius 3 is 3.12 bits per heavy atom. The maximum Gasteiger partial charge on any atom is 0.327 e. The molecule has 1 saturated carbocycles. The molecular weight excluding hydrogens is 228 g/mol. The van der Waals surface area contributed by atoms with Gasteiger partial charge in [0.25, 0.3) is 0 Å². The first-order chi connectivity index (χ1) is 7.79. The second-order valence-corrected chi connectivity index (χ2v) is 4.84. The summed E-state index contributed by atoms with van der Waals surface area (Å²) in [4.78, 5) is 11.1. The van der Waals surface area contributed by atoms with Crippen molar-refractivity contribution in [3.05, 3.63) is 0 Å². The number of methoxy groups -OCH3 is 1. The summed E-state index contributed by atoms with van der Waals surface area (Å²) in [5.74, 6) is 1.57. The monoisotopic (exact) mass is 242 g/mol. The van der Waals surface area contributed by atoms with Crippen molar-refractivity contribution in [2.45, 2.75) is 31.0 Å². The lowest BCUT2D eigenvalue weighted by Crippen LogP contribution is -2.13. The molecule has 2 rings (SSSR count). The number of nitrogens with zero attached hydrogens (tertiary/aromatic N) is 4. The summed E-state index contributed by atoms with van der Waals surface area (Å²) in [7, 11) is 1.35. The van der Waals surface area contributed by atoms with Gasteiger partial charge in [-0.15, -0.1) is 5.10 Å². The fourth-order valence-corrected chi connectivity index (χ4v) is 2.29. The molecule has 0 spiro atoms. The van der Waals surface area contributed by atoms with E-state index in [-0.39, 0.29) is 12.5 Å². The van der Waals surface area contributed by atoms with Gasteiger partial charge < -0.3 is 4.74 Å². The topological polar surface area (TPSA) is 69.9 Å². The van der Waals surface area contributed by atoms with E-state index < -0.39 is 0 Å². The molecule has 1 aromatic rings. The molecule has 88 valence electrons. The first-order valence-corrected chi connectivity index (χ1v) is 6.24. The standard InChI is InChI=1S/C9H14N4O2S/c1-15-8(14)6-13-9(10-11-12-13)16-5-4-7-2-3-7/h7H,2-6H2,1H3. The van der Waals surface area contributed by atoms with Crippen LogP contribution >= 0.6 is 11.8 Å². The minimum atomic E-state index is -0.337. The van der Waals surface area contributed by atoms with E-state index in [1.807, 2.05) is 0 Å². The Labute approximate surface area is 97.7 Å². The van der Waals surface area contributed by atoms with Crippen molar-refractivity contribution in [2.75, 3.05) is 12.9 Å². The van der Waals surface area contributed by atoms with Crippen LogP contribution in [0.25, 0.3) is 0 Å². The predicted molar refractivity (Wildman–Crippen MR) is 57.9 cm³/mol. The SMILES string of the molecule is COC(=O)Cn1nnnc1SCCC1CC1. The summed E-state index contributed by atoms with van der Waals surface area (Å²) in [5.41, 5.74) is 0. The Hall–Kier alpha value is -1.11. The van der Waals surface area contributed by atoms with Crippen molar-refractivity contribution in [2.24, 2.45) is 5.92 Å². The molecule has 1 aliphatic carbocycles. The number of esters is 1. The van der Waals surface area contributed by atoms with Gasteiger partial charge in [0.05, 0.1) is 7.11 Å². The second-order valence-electron chi connectivity index (χ2n) is 3.78. The van der Waals surface area contributed by atoms with Gasteiger partial charge in [-0.05, 0) is 22.8 Å². The number of ether oxygens (including phenoxy) is 1. The number of thioether (sulfide) groups is 1. The van der Waals surface area contributed by atoms with Crippen molar-refractivity contribution in [1.82, 2.24) is 20.2 Å². The van der Waals surface area contributed by atoms with Gasteiger partial charge in [-0.25, -0.2) is 4.68 Å². The van der Waals surface area contributed by atoms with E-state index in [4.69, 9.17) is 0 Å². The summed E-state index contributed by atoms with van der Waals surface area (Å²) in [6.07, 6.45) is 3.91. The van der Waals surface area contributed by atoms with Gasteiger partial charge in [0, 0.05) is 5.75 Å². The summed E-state index contributed by atoms with van der Waals surface area (Å²) in [5, 5.41) is 11.9. The molecule has 1 heterocycles. The predicted octanol–water partition coefficient (Wildman–Crippen LogP) is 0.738. The van der Waals surface area contributed by atoms with E-state index in [0.29, 0.717) is 5.16 Å². The first kappa shape index (κ1) is 11.4. The lowest BCUT2D eigenvalue weighted by molar-refractivity contribution is -0.141. The largest absolute Gasteiger partial charge is 0.468 e. The van der Waals surface area contributed by atoms with Crippen LogP contribution in [0.1, 0.15) is 19.3 Å². The maximum atomic E-state index is 11.1. The highest BCUT2D eigenvalue weighted by molar-refractivity contribution is 7.99. The molecular formula is C9H14N4O2S. The molecule has 0 aliphatic heterocycles.